The number of rotatable bonds is 5. The van der Waals surface area contributed by atoms with Gasteiger partial charge in [0.05, 0.1) is 10.6 Å². The number of nitrogens with zero attached hydrogens (tertiary/aromatic N) is 3. The van der Waals surface area contributed by atoms with Crippen molar-refractivity contribution in [1.29, 1.82) is 0 Å². The Bertz CT molecular complexity index is 601. The topological polar surface area (TPSA) is 107 Å². The Balaban J connectivity index is 2.28. The zero-order valence-corrected chi connectivity index (χ0v) is 11.6. The van der Waals surface area contributed by atoms with Gasteiger partial charge in [-0.25, -0.2) is 4.98 Å². The molecule has 0 aliphatic heterocycles. The number of nitrogens with one attached hydrogen (secondary N) is 1. The highest BCUT2D eigenvalue weighted by atomic mass is 32.2. The van der Waals surface area contributed by atoms with Crippen LogP contribution in [0.1, 0.15) is 12.7 Å². The van der Waals surface area contributed by atoms with Crippen molar-refractivity contribution in [2.24, 2.45) is 5.84 Å². The summed E-state index contributed by atoms with van der Waals surface area (Å²) in [5.41, 5.74) is 2.88. The molecule has 9 heteroatoms. The highest BCUT2D eigenvalue weighted by Gasteiger charge is 2.12. The van der Waals surface area contributed by atoms with Gasteiger partial charge >= 0.3 is 0 Å². The Kier molecular flexibility index (Phi) is 4.30. The van der Waals surface area contributed by atoms with E-state index >= 15 is 0 Å². The van der Waals surface area contributed by atoms with E-state index in [1.165, 1.54) is 35.4 Å². The van der Waals surface area contributed by atoms with Crippen molar-refractivity contribution in [2.75, 3.05) is 5.43 Å². The van der Waals surface area contributed by atoms with Crippen molar-refractivity contribution in [3.63, 3.8) is 0 Å². The number of aromatic nitrogens is 2. The van der Waals surface area contributed by atoms with Crippen molar-refractivity contribution < 1.29 is 4.92 Å². The fourth-order valence-electron chi connectivity index (χ4n) is 1.35. The maximum absolute atomic E-state index is 10.8. The number of nitrogens with two attached hydrogens (primary N) is 1. The Morgan fingerprint density at radius 2 is 2.32 bits per heavy atom. The number of anilines is 1. The summed E-state index contributed by atoms with van der Waals surface area (Å²) >= 11 is 2.61. The molecular formula is C10H11N5O2S2. The molecule has 0 saturated carbocycles. The summed E-state index contributed by atoms with van der Waals surface area (Å²) in [6.45, 7) is 1.97. The molecular weight excluding hydrogens is 286 g/mol. The first-order chi connectivity index (χ1) is 9.12. The molecule has 3 N–H and O–H groups in total. The lowest BCUT2D eigenvalue weighted by atomic mass is 10.3. The first-order valence-corrected chi connectivity index (χ1v) is 6.98. The van der Waals surface area contributed by atoms with Crippen molar-refractivity contribution in [1.82, 2.24) is 9.36 Å². The van der Waals surface area contributed by atoms with Crippen LogP contribution in [0.25, 0.3) is 0 Å². The molecule has 0 spiro atoms. The maximum Gasteiger partial charge on any atom is 0.272 e. The molecule has 0 atom stereocenters. The van der Waals surface area contributed by atoms with Crippen LogP contribution >= 0.6 is 23.3 Å². The quantitative estimate of drug-likeness (QED) is 0.496. The molecule has 0 bridgehead atoms. The molecule has 19 heavy (non-hydrogen) atoms. The van der Waals surface area contributed by atoms with E-state index in [1.807, 2.05) is 6.92 Å². The predicted octanol–water partition coefficient (Wildman–Crippen LogP) is 2.45. The van der Waals surface area contributed by atoms with E-state index < -0.39 is 4.92 Å². The van der Waals surface area contributed by atoms with Crippen LogP contribution in [0.2, 0.25) is 0 Å². The largest absolute Gasteiger partial charge is 0.324 e. The standard InChI is InChI=1S/C10H11N5O2S2/c1-2-9-12-10(19-14-9)18-8-4-6(13-11)3-7(5-8)15(16)17/h3-5,13H,2,11H2,1H3. The number of nitro benzene ring substituents is 1. The summed E-state index contributed by atoms with van der Waals surface area (Å²) < 4.78 is 4.92. The number of nitrogen functional groups attached to an aromatic ring is 1. The van der Waals surface area contributed by atoms with Gasteiger partial charge < -0.3 is 5.43 Å². The fourth-order valence-corrected chi connectivity index (χ4v) is 3.12. The Morgan fingerprint density at radius 1 is 1.53 bits per heavy atom. The Morgan fingerprint density at radius 3 is 2.89 bits per heavy atom. The zero-order chi connectivity index (χ0) is 13.8. The Hall–Kier alpha value is -1.71. The number of non-ortho nitro benzene ring substituents is 1. The average molecular weight is 297 g/mol. The average Bonchev–Trinajstić information content (AvgIpc) is 2.85. The number of aryl methyl sites for hydroxylation is 1. The predicted molar refractivity (Wildman–Crippen MR) is 74.3 cm³/mol. The number of hydrogen-bond donors (Lipinski definition) is 2. The second kappa shape index (κ2) is 5.95. The number of hydrazine groups is 1. The minimum atomic E-state index is -0.456. The SMILES string of the molecule is CCc1nsc(Sc2cc(NN)cc([N+](=O)[O-])c2)n1. The van der Waals surface area contributed by atoms with E-state index in [9.17, 15) is 10.1 Å². The minimum Gasteiger partial charge on any atom is -0.324 e. The molecule has 100 valence electrons. The van der Waals surface area contributed by atoms with Crippen LogP contribution < -0.4 is 11.3 Å². The van der Waals surface area contributed by atoms with Crippen molar-refractivity contribution in [3.05, 3.63) is 34.1 Å². The monoisotopic (exact) mass is 297 g/mol. The van der Waals surface area contributed by atoms with Gasteiger partial charge in [0.2, 0.25) is 0 Å². The lowest BCUT2D eigenvalue weighted by molar-refractivity contribution is -0.385. The van der Waals surface area contributed by atoms with E-state index in [-0.39, 0.29) is 5.69 Å². The van der Waals surface area contributed by atoms with Gasteiger partial charge in [0.25, 0.3) is 5.69 Å². The highest BCUT2D eigenvalue weighted by molar-refractivity contribution is 8.01. The highest BCUT2D eigenvalue weighted by Crippen LogP contribution is 2.33. The molecule has 0 unspecified atom stereocenters. The number of hydrogen-bond acceptors (Lipinski definition) is 8. The van der Waals surface area contributed by atoms with E-state index in [0.717, 1.165) is 16.6 Å². The summed E-state index contributed by atoms with van der Waals surface area (Å²) in [6, 6.07) is 4.59. The first-order valence-electron chi connectivity index (χ1n) is 5.39. The number of nitro groups is 1. The van der Waals surface area contributed by atoms with Crippen molar-refractivity contribution >= 4 is 34.7 Å². The van der Waals surface area contributed by atoms with Gasteiger partial charge in [-0.2, -0.15) is 4.37 Å². The zero-order valence-electron chi connectivity index (χ0n) is 9.99. The lowest BCUT2D eigenvalue weighted by Crippen LogP contribution is -2.07. The van der Waals surface area contributed by atoms with Gasteiger partial charge in [-0.3, -0.25) is 16.0 Å². The van der Waals surface area contributed by atoms with E-state index in [0.29, 0.717) is 10.6 Å². The fraction of sp³-hybridized carbons (Fsp3) is 0.200. The second-order valence-corrected chi connectivity index (χ2v) is 5.62. The third-order valence-corrected chi connectivity index (χ3v) is 4.00. The summed E-state index contributed by atoms with van der Waals surface area (Å²) in [7, 11) is 0. The molecule has 1 aromatic heterocycles. The molecule has 7 nitrogen and oxygen atoms in total. The van der Waals surface area contributed by atoms with Gasteiger partial charge in [0.15, 0.2) is 4.34 Å². The van der Waals surface area contributed by atoms with Crippen LogP contribution in [-0.4, -0.2) is 14.3 Å². The van der Waals surface area contributed by atoms with Gasteiger partial charge in [-0.1, -0.05) is 18.7 Å². The number of benzene rings is 1. The lowest BCUT2D eigenvalue weighted by Gasteiger charge is -2.03. The molecule has 0 saturated heterocycles. The van der Waals surface area contributed by atoms with Gasteiger partial charge in [0, 0.05) is 23.4 Å². The molecule has 0 fully saturated rings. The minimum absolute atomic E-state index is 0.0156. The second-order valence-electron chi connectivity index (χ2n) is 3.55. The van der Waals surface area contributed by atoms with Gasteiger partial charge in [-0.05, 0) is 17.6 Å². The van der Waals surface area contributed by atoms with E-state index in [4.69, 9.17) is 5.84 Å². The smallest absolute Gasteiger partial charge is 0.272 e. The molecule has 2 rings (SSSR count). The van der Waals surface area contributed by atoms with Crippen LogP contribution in [0.15, 0.2) is 27.4 Å². The van der Waals surface area contributed by atoms with Crippen LogP contribution in [0.4, 0.5) is 11.4 Å². The molecule has 1 heterocycles. The maximum atomic E-state index is 10.8. The summed E-state index contributed by atoms with van der Waals surface area (Å²) in [5, 5.41) is 10.8. The third kappa shape index (κ3) is 3.40. The third-order valence-electron chi connectivity index (χ3n) is 2.24. The van der Waals surface area contributed by atoms with Crippen LogP contribution in [0, 0.1) is 10.1 Å². The first kappa shape index (κ1) is 13.7. The van der Waals surface area contributed by atoms with Gasteiger partial charge in [0.1, 0.15) is 5.82 Å². The summed E-state index contributed by atoms with van der Waals surface area (Å²) in [6.07, 6.45) is 0.765. The van der Waals surface area contributed by atoms with E-state index in [2.05, 4.69) is 14.8 Å². The molecule has 0 aliphatic rings. The molecule has 1 aromatic carbocycles. The van der Waals surface area contributed by atoms with Gasteiger partial charge in [-0.15, -0.1) is 0 Å². The van der Waals surface area contributed by atoms with Crippen LogP contribution in [0.5, 0.6) is 0 Å². The Labute approximate surface area is 117 Å². The molecule has 2 aromatic rings. The molecule has 0 amide bonds. The van der Waals surface area contributed by atoms with E-state index in [1.54, 1.807) is 6.07 Å². The van der Waals surface area contributed by atoms with Crippen molar-refractivity contribution in [2.45, 2.75) is 22.6 Å². The normalized spacial score (nSPS) is 10.4. The summed E-state index contributed by atoms with van der Waals surface area (Å²) in [5.74, 6) is 6.07. The molecule has 0 radical (unpaired) electrons. The summed E-state index contributed by atoms with van der Waals surface area (Å²) in [4.78, 5) is 15.4. The van der Waals surface area contributed by atoms with Crippen molar-refractivity contribution in [3.8, 4) is 0 Å². The van der Waals surface area contributed by atoms with Crippen LogP contribution in [0.3, 0.4) is 0 Å². The molecule has 0 aliphatic carbocycles. The van der Waals surface area contributed by atoms with Crippen LogP contribution in [-0.2, 0) is 6.42 Å².